The third-order valence-corrected chi connectivity index (χ3v) is 2.92. The molecule has 0 aliphatic carbocycles. The van der Waals surface area contributed by atoms with Crippen molar-refractivity contribution in [2.75, 3.05) is 0 Å². The molecule has 0 aliphatic heterocycles. The summed E-state index contributed by atoms with van der Waals surface area (Å²) in [7, 11) is 0. The average molecular weight is 284 g/mol. The zero-order valence-electron chi connectivity index (χ0n) is 11.2. The molecule has 2 aromatic rings. The zero-order chi connectivity index (χ0) is 15.2. The Morgan fingerprint density at radius 1 is 1.10 bits per heavy atom. The summed E-state index contributed by atoms with van der Waals surface area (Å²) >= 11 is 0. The Kier molecular flexibility index (Phi) is 4.61. The van der Waals surface area contributed by atoms with Gasteiger partial charge in [0.25, 0.3) is 0 Å². The first-order valence-electron chi connectivity index (χ1n) is 6.30. The Morgan fingerprint density at radius 3 is 2.48 bits per heavy atom. The van der Waals surface area contributed by atoms with Crippen LogP contribution in [0.5, 0.6) is 0 Å². The number of benzene rings is 2. The second-order valence-electron chi connectivity index (χ2n) is 4.27. The van der Waals surface area contributed by atoms with Gasteiger partial charge >= 0.3 is 5.97 Å². The van der Waals surface area contributed by atoms with Crippen LogP contribution in [-0.2, 0) is 16.1 Å². The fourth-order valence-corrected chi connectivity index (χ4v) is 1.87. The van der Waals surface area contributed by atoms with Gasteiger partial charge in [0, 0.05) is 22.8 Å². The molecule has 21 heavy (non-hydrogen) atoms. The van der Waals surface area contributed by atoms with Crippen molar-refractivity contribution in [1.82, 2.24) is 0 Å². The van der Waals surface area contributed by atoms with Crippen molar-refractivity contribution in [2.45, 2.75) is 6.61 Å². The summed E-state index contributed by atoms with van der Waals surface area (Å²) in [4.78, 5) is 23.5. The molecule has 4 heteroatoms. The molecule has 0 aliphatic rings. The van der Waals surface area contributed by atoms with Gasteiger partial charge in [-0.3, -0.25) is 4.79 Å². The number of carbonyl (C=O) groups excluding carboxylic acids is 2. The summed E-state index contributed by atoms with van der Waals surface area (Å²) in [6, 6.07) is 12.7. The van der Waals surface area contributed by atoms with Crippen LogP contribution in [0.25, 0.3) is 0 Å². The fraction of sp³-hybridized carbons (Fsp3) is 0.0588. The van der Waals surface area contributed by atoms with E-state index in [0.717, 1.165) is 6.08 Å². The third kappa shape index (κ3) is 3.42. The number of hydrogen-bond donors (Lipinski definition) is 0. The smallest absolute Gasteiger partial charge is 0.330 e. The molecule has 0 spiro atoms. The van der Waals surface area contributed by atoms with Crippen LogP contribution in [0, 0.1) is 5.82 Å². The Hall–Kier alpha value is -2.75. The number of esters is 1. The van der Waals surface area contributed by atoms with E-state index in [0.29, 0.717) is 5.56 Å². The summed E-state index contributed by atoms with van der Waals surface area (Å²) in [6.07, 6.45) is 0.986. The topological polar surface area (TPSA) is 43.4 Å². The second kappa shape index (κ2) is 6.61. The fourth-order valence-electron chi connectivity index (χ4n) is 1.87. The highest BCUT2D eigenvalue weighted by Gasteiger charge is 2.17. The molecule has 2 rings (SSSR count). The van der Waals surface area contributed by atoms with Crippen LogP contribution in [0.3, 0.4) is 0 Å². The highest BCUT2D eigenvalue weighted by molar-refractivity contribution is 6.09. The average Bonchev–Trinajstić information content (AvgIpc) is 2.53. The quantitative estimate of drug-likeness (QED) is 0.481. The molecule has 0 atom stereocenters. The number of hydrogen-bond acceptors (Lipinski definition) is 3. The lowest BCUT2D eigenvalue weighted by atomic mass is 9.98. The molecular weight excluding hydrogens is 271 g/mol. The lowest BCUT2D eigenvalue weighted by Crippen LogP contribution is -2.10. The van der Waals surface area contributed by atoms with Gasteiger partial charge in [-0.15, -0.1) is 0 Å². The van der Waals surface area contributed by atoms with Gasteiger partial charge in [0.1, 0.15) is 12.4 Å². The van der Waals surface area contributed by atoms with Crippen molar-refractivity contribution >= 4 is 11.8 Å². The minimum Gasteiger partial charge on any atom is -0.458 e. The van der Waals surface area contributed by atoms with Gasteiger partial charge in [-0.05, 0) is 6.07 Å². The molecule has 0 amide bonds. The first-order valence-corrected chi connectivity index (χ1v) is 6.30. The Morgan fingerprint density at radius 2 is 1.81 bits per heavy atom. The largest absolute Gasteiger partial charge is 0.458 e. The van der Waals surface area contributed by atoms with Crippen molar-refractivity contribution < 1.29 is 18.7 Å². The first kappa shape index (κ1) is 14.7. The van der Waals surface area contributed by atoms with E-state index in [1.54, 1.807) is 30.3 Å². The van der Waals surface area contributed by atoms with Crippen molar-refractivity contribution in [2.24, 2.45) is 0 Å². The van der Waals surface area contributed by atoms with Gasteiger partial charge in [-0.25, -0.2) is 9.18 Å². The standard InChI is InChI=1S/C17H13FO3/c1-2-16(19)21-11-14-13(9-6-10-15(14)18)17(20)12-7-4-3-5-8-12/h2-10H,1,11H2. The van der Waals surface area contributed by atoms with Crippen LogP contribution in [0.2, 0.25) is 0 Å². The summed E-state index contributed by atoms with van der Waals surface area (Å²) in [5, 5.41) is 0. The predicted molar refractivity (Wildman–Crippen MR) is 76.3 cm³/mol. The van der Waals surface area contributed by atoms with Crippen molar-refractivity contribution in [3.8, 4) is 0 Å². The van der Waals surface area contributed by atoms with Crippen molar-refractivity contribution in [1.29, 1.82) is 0 Å². The number of ketones is 1. The molecular formula is C17H13FO3. The van der Waals surface area contributed by atoms with E-state index in [2.05, 4.69) is 6.58 Å². The minimum absolute atomic E-state index is 0.0570. The van der Waals surface area contributed by atoms with Crippen molar-refractivity contribution in [3.05, 3.63) is 83.7 Å². The third-order valence-electron chi connectivity index (χ3n) is 2.92. The molecule has 0 saturated heterocycles. The molecule has 0 heterocycles. The van der Waals surface area contributed by atoms with E-state index in [4.69, 9.17) is 4.74 Å². The van der Waals surface area contributed by atoms with Crippen LogP contribution in [0.1, 0.15) is 21.5 Å². The zero-order valence-corrected chi connectivity index (χ0v) is 11.2. The van der Waals surface area contributed by atoms with E-state index in [-0.39, 0.29) is 23.5 Å². The maximum Gasteiger partial charge on any atom is 0.330 e. The van der Waals surface area contributed by atoms with Gasteiger partial charge in [0.15, 0.2) is 5.78 Å². The molecule has 0 N–H and O–H groups in total. The Balaban J connectivity index is 2.35. The highest BCUT2D eigenvalue weighted by atomic mass is 19.1. The van der Waals surface area contributed by atoms with Gasteiger partial charge < -0.3 is 4.74 Å². The molecule has 0 unspecified atom stereocenters. The lowest BCUT2D eigenvalue weighted by Gasteiger charge is -2.10. The maximum absolute atomic E-state index is 13.9. The second-order valence-corrected chi connectivity index (χ2v) is 4.27. The summed E-state index contributed by atoms with van der Waals surface area (Å²) in [5.41, 5.74) is 0.680. The summed E-state index contributed by atoms with van der Waals surface area (Å²) in [6.45, 7) is 2.95. The van der Waals surface area contributed by atoms with Gasteiger partial charge in [-0.2, -0.15) is 0 Å². The van der Waals surface area contributed by atoms with Crippen LogP contribution < -0.4 is 0 Å². The number of ether oxygens (including phenoxy) is 1. The monoisotopic (exact) mass is 284 g/mol. The van der Waals surface area contributed by atoms with Crippen LogP contribution in [0.15, 0.2) is 61.2 Å². The van der Waals surface area contributed by atoms with Crippen molar-refractivity contribution in [3.63, 3.8) is 0 Å². The first-order chi connectivity index (χ1) is 10.1. The van der Waals surface area contributed by atoms with Gasteiger partial charge in [0.05, 0.1) is 0 Å². The predicted octanol–water partition coefficient (Wildman–Crippen LogP) is 3.29. The molecule has 0 radical (unpaired) electrons. The van der Waals surface area contributed by atoms with Gasteiger partial charge in [-0.1, -0.05) is 49.0 Å². The van der Waals surface area contributed by atoms with E-state index in [9.17, 15) is 14.0 Å². The van der Waals surface area contributed by atoms with Crippen LogP contribution >= 0.6 is 0 Å². The Bertz CT molecular complexity index is 678. The minimum atomic E-state index is -0.670. The maximum atomic E-state index is 13.9. The summed E-state index contributed by atoms with van der Waals surface area (Å²) < 4.78 is 18.7. The molecule has 3 nitrogen and oxygen atoms in total. The van der Waals surface area contributed by atoms with Gasteiger partial charge in [0.2, 0.25) is 0 Å². The number of halogens is 1. The highest BCUT2D eigenvalue weighted by Crippen LogP contribution is 2.19. The molecule has 0 saturated carbocycles. The van der Waals surface area contributed by atoms with E-state index < -0.39 is 11.8 Å². The molecule has 0 fully saturated rings. The molecule has 0 bridgehead atoms. The Labute approximate surface area is 121 Å². The normalized spacial score (nSPS) is 9.95. The SMILES string of the molecule is C=CC(=O)OCc1c(F)cccc1C(=O)c1ccccc1. The van der Waals surface area contributed by atoms with Crippen LogP contribution in [0.4, 0.5) is 4.39 Å². The number of rotatable bonds is 5. The molecule has 106 valence electrons. The van der Waals surface area contributed by atoms with E-state index in [1.807, 2.05) is 0 Å². The van der Waals surface area contributed by atoms with E-state index in [1.165, 1.54) is 18.2 Å². The molecule has 0 aromatic heterocycles. The van der Waals surface area contributed by atoms with E-state index >= 15 is 0 Å². The molecule has 2 aromatic carbocycles. The lowest BCUT2D eigenvalue weighted by molar-refractivity contribution is -0.139. The van der Waals surface area contributed by atoms with Crippen LogP contribution in [-0.4, -0.2) is 11.8 Å². The summed E-state index contributed by atoms with van der Waals surface area (Å²) in [5.74, 6) is -1.58. The number of carbonyl (C=O) groups is 2.